The molecule has 32 heavy (non-hydrogen) atoms. The fourth-order valence-electron chi connectivity index (χ4n) is 3.24. The molecule has 0 aliphatic rings. The highest BCUT2D eigenvalue weighted by Crippen LogP contribution is 2.29. The molecular formula is C24H28N4O4. The molecule has 8 nitrogen and oxygen atoms in total. The van der Waals surface area contributed by atoms with Crippen LogP contribution in [-0.4, -0.2) is 50.7 Å². The Balaban J connectivity index is 2.07. The van der Waals surface area contributed by atoms with Crippen LogP contribution in [0.4, 0.5) is 0 Å². The predicted molar refractivity (Wildman–Crippen MR) is 122 cm³/mol. The Morgan fingerprint density at radius 2 is 1.78 bits per heavy atom. The molecule has 2 aromatic heterocycles. The van der Waals surface area contributed by atoms with E-state index >= 15 is 0 Å². The van der Waals surface area contributed by atoms with Gasteiger partial charge in [-0.1, -0.05) is 37.3 Å². The third-order valence-electron chi connectivity index (χ3n) is 4.94. The van der Waals surface area contributed by atoms with E-state index in [0.29, 0.717) is 18.2 Å². The van der Waals surface area contributed by atoms with Gasteiger partial charge in [-0.2, -0.15) is 0 Å². The molecule has 2 amide bonds. The summed E-state index contributed by atoms with van der Waals surface area (Å²) in [4.78, 5) is 34.1. The highest BCUT2D eigenvalue weighted by molar-refractivity contribution is 6.09. The van der Waals surface area contributed by atoms with E-state index in [1.165, 1.54) is 0 Å². The number of aromatic nitrogens is 2. The van der Waals surface area contributed by atoms with Crippen molar-refractivity contribution in [3.05, 3.63) is 65.1 Å². The van der Waals surface area contributed by atoms with Gasteiger partial charge in [0.1, 0.15) is 11.2 Å². The molecule has 1 aromatic carbocycles. The van der Waals surface area contributed by atoms with E-state index in [0.717, 1.165) is 11.1 Å². The van der Waals surface area contributed by atoms with Gasteiger partial charge in [0, 0.05) is 24.2 Å². The molecule has 8 heteroatoms. The molecule has 1 unspecified atom stereocenters. The van der Waals surface area contributed by atoms with E-state index in [9.17, 15) is 19.8 Å². The number of benzene rings is 1. The van der Waals surface area contributed by atoms with Crippen LogP contribution in [0, 0.1) is 0 Å². The number of rotatable bonds is 8. The molecule has 0 saturated heterocycles. The summed E-state index contributed by atoms with van der Waals surface area (Å²) in [5, 5.41) is 26.1. The van der Waals surface area contributed by atoms with Crippen LogP contribution in [0.1, 0.15) is 59.3 Å². The summed E-state index contributed by atoms with van der Waals surface area (Å²) in [6.45, 7) is 5.43. The number of fused-ring (bicyclic) bond motifs is 1. The number of pyridine rings is 2. The van der Waals surface area contributed by atoms with Crippen molar-refractivity contribution in [2.24, 2.45) is 0 Å². The summed E-state index contributed by atoms with van der Waals surface area (Å²) in [5.74, 6) is -1.56. The lowest BCUT2D eigenvalue weighted by Crippen LogP contribution is -2.34. The minimum absolute atomic E-state index is 0.00541. The van der Waals surface area contributed by atoms with Gasteiger partial charge in [0.2, 0.25) is 0 Å². The van der Waals surface area contributed by atoms with Crippen molar-refractivity contribution in [2.45, 2.75) is 45.8 Å². The maximum absolute atomic E-state index is 12.9. The maximum Gasteiger partial charge on any atom is 0.273 e. The van der Waals surface area contributed by atoms with Crippen LogP contribution < -0.4 is 10.6 Å². The second-order valence-electron chi connectivity index (χ2n) is 7.96. The van der Waals surface area contributed by atoms with E-state index < -0.39 is 23.7 Å². The summed E-state index contributed by atoms with van der Waals surface area (Å²) in [5.41, 5.74) is 1.73. The zero-order valence-electron chi connectivity index (χ0n) is 18.4. The van der Waals surface area contributed by atoms with Crippen molar-refractivity contribution < 1.29 is 19.8 Å². The highest BCUT2D eigenvalue weighted by atomic mass is 16.3. The molecule has 0 bridgehead atoms. The first-order valence-corrected chi connectivity index (χ1v) is 10.6. The Morgan fingerprint density at radius 3 is 2.44 bits per heavy atom. The second kappa shape index (κ2) is 10.2. The number of nitrogens with one attached hydrogen (secondary N) is 2. The van der Waals surface area contributed by atoms with E-state index in [4.69, 9.17) is 0 Å². The molecule has 0 radical (unpaired) electrons. The smallest absolute Gasteiger partial charge is 0.273 e. The molecular weight excluding hydrogens is 408 g/mol. The molecule has 2 heterocycles. The van der Waals surface area contributed by atoms with Gasteiger partial charge in [-0.05, 0) is 43.9 Å². The third-order valence-corrected chi connectivity index (χ3v) is 4.94. The van der Waals surface area contributed by atoms with Crippen molar-refractivity contribution in [1.29, 1.82) is 0 Å². The average molecular weight is 437 g/mol. The standard InChI is InChI=1S/C24H28N4O4/c1-4-17(29)13-26-23(31)21-22(30)19-18(20(28-21)24(32)27-14(2)3)11-16(12-25-19)10-15-8-6-5-7-9-15/h5-9,11-12,14,17,29-30H,4,10,13H2,1-3H3,(H,26,31)(H,27,32). The zero-order valence-corrected chi connectivity index (χ0v) is 18.4. The van der Waals surface area contributed by atoms with Gasteiger partial charge >= 0.3 is 0 Å². The quantitative estimate of drug-likeness (QED) is 0.430. The minimum Gasteiger partial charge on any atom is -0.504 e. The van der Waals surface area contributed by atoms with Gasteiger partial charge in [0.15, 0.2) is 11.4 Å². The lowest BCUT2D eigenvalue weighted by Gasteiger charge is -2.15. The van der Waals surface area contributed by atoms with Gasteiger partial charge < -0.3 is 20.8 Å². The van der Waals surface area contributed by atoms with Gasteiger partial charge in [0.25, 0.3) is 11.8 Å². The molecule has 0 saturated carbocycles. The molecule has 3 rings (SSSR count). The number of aromatic hydroxyl groups is 1. The Labute approximate surface area is 186 Å². The topological polar surface area (TPSA) is 124 Å². The normalized spacial score (nSPS) is 12.0. The van der Waals surface area contributed by atoms with Crippen LogP contribution in [-0.2, 0) is 6.42 Å². The molecule has 0 fully saturated rings. The van der Waals surface area contributed by atoms with Crippen LogP contribution in [0.2, 0.25) is 0 Å². The van der Waals surface area contributed by atoms with E-state index in [-0.39, 0.29) is 29.5 Å². The number of hydrogen-bond acceptors (Lipinski definition) is 6. The summed E-state index contributed by atoms with van der Waals surface area (Å²) in [6.07, 6.45) is 1.95. The van der Waals surface area contributed by atoms with Crippen molar-refractivity contribution in [2.75, 3.05) is 6.54 Å². The Kier molecular flexibility index (Phi) is 7.37. The molecule has 1 atom stereocenters. The number of nitrogens with zero attached hydrogens (tertiary/aromatic N) is 2. The number of aliphatic hydroxyl groups excluding tert-OH is 1. The molecule has 0 spiro atoms. The highest BCUT2D eigenvalue weighted by Gasteiger charge is 2.24. The van der Waals surface area contributed by atoms with E-state index in [2.05, 4.69) is 20.6 Å². The first kappa shape index (κ1) is 23.1. The fraction of sp³-hybridized carbons (Fsp3) is 0.333. The van der Waals surface area contributed by atoms with Gasteiger partial charge in [-0.3, -0.25) is 14.6 Å². The second-order valence-corrected chi connectivity index (χ2v) is 7.96. The summed E-state index contributed by atoms with van der Waals surface area (Å²) >= 11 is 0. The number of aliphatic hydroxyl groups is 1. The summed E-state index contributed by atoms with van der Waals surface area (Å²) < 4.78 is 0. The van der Waals surface area contributed by atoms with Gasteiger partial charge in [-0.25, -0.2) is 4.98 Å². The fourth-order valence-corrected chi connectivity index (χ4v) is 3.24. The maximum atomic E-state index is 12.9. The van der Waals surface area contributed by atoms with Gasteiger partial charge in [-0.15, -0.1) is 0 Å². The SMILES string of the molecule is CCC(O)CNC(=O)c1nc(C(=O)NC(C)C)c2cc(Cc3ccccc3)cnc2c1O. The van der Waals surface area contributed by atoms with Crippen LogP contribution >= 0.6 is 0 Å². The lowest BCUT2D eigenvalue weighted by atomic mass is 10.0. The molecule has 0 aliphatic carbocycles. The van der Waals surface area contributed by atoms with Crippen molar-refractivity contribution in [1.82, 2.24) is 20.6 Å². The summed E-state index contributed by atoms with van der Waals surface area (Å²) in [7, 11) is 0. The first-order chi connectivity index (χ1) is 15.3. The van der Waals surface area contributed by atoms with E-state index in [1.54, 1.807) is 19.2 Å². The van der Waals surface area contributed by atoms with Crippen LogP contribution in [0.15, 0.2) is 42.6 Å². The molecule has 3 aromatic rings. The Bertz CT molecular complexity index is 1120. The molecule has 0 aliphatic heterocycles. The zero-order chi connectivity index (χ0) is 23.3. The van der Waals surface area contributed by atoms with Crippen LogP contribution in [0.25, 0.3) is 10.9 Å². The number of hydrogen-bond donors (Lipinski definition) is 4. The van der Waals surface area contributed by atoms with Crippen molar-refractivity contribution in [3.63, 3.8) is 0 Å². The average Bonchev–Trinajstić information content (AvgIpc) is 2.77. The predicted octanol–water partition coefficient (Wildman–Crippen LogP) is 2.57. The molecule has 168 valence electrons. The third kappa shape index (κ3) is 5.39. The first-order valence-electron chi connectivity index (χ1n) is 10.6. The van der Waals surface area contributed by atoms with Crippen LogP contribution in [0.5, 0.6) is 5.75 Å². The Hall–Kier alpha value is -3.52. The minimum atomic E-state index is -0.719. The largest absolute Gasteiger partial charge is 0.504 e. The summed E-state index contributed by atoms with van der Waals surface area (Å²) in [6, 6.07) is 11.4. The Morgan fingerprint density at radius 1 is 1.06 bits per heavy atom. The molecule has 4 N–H and O–H groups in total. The van der Waals surface area contributed by atoms with Crippen molar-refractivity contribution >= 4 is 22.7 Å². The monoisotopic (exact) mass is 436 g/mol. The lowest BCUT2D eigenvalue weighted by molar-refractivity contribution is 0.0905. The number of carbonyl (C=O) groups excluding carboxylic acids is 2. The van der Waals surface area contributed by atoms with E-state index in [1.807, 2.05) is 44.2 Å². The van der Waals surface area contributed by atoms with Crippen LogP contribution in [0.3, 0.4) is 0 Å². The van der Waals surface area contributed by atoms with Crippen molar-refractivity contribution in [3.8, 4) is 5.75 Å². The number of carbonyl (C=O) groups is 2. The number of amides is 2. The van der Waals surface area contributed by atoms with Gasteiger partial charge in [0.05, 0.1) is 6.10 Å².